The number of halogens is 3. The van der Waals surface area contributed by atoms with Gasteiger partial charge >= 0.3 is 57.4 Å². The monoisotopic (exact) mass is 768 g/mol. The highest BCUT2D eigenvalue weighted by Gasteiger charge is 2.65. The number of rotatable bonds is 14. The van der Waals surface area contributed by atoms with Gasteiger partial charge in [0.1, 0.15) is 32.0 Å². The highest BCUT2D eigenvalue weighted by Crippen LogP contribution is 2.42. The van der Waals surface area contributed by atoms with Crippen molar-refractivity contribution in [2.45, 2.75) is 109 Å². The van der Waals surface area contributed by atoms with E-state index in [1.54, 1.807) is 0 Å². The number of carbonyl (C=O) groups is 7. The molecule has 0 radical (unpaired) electrons. The Labute approximate surface area is 287 Å². The molecule has 0 aromatic heterocycles. The van der Waals surface area contributed by atoms with Crippen LogP contribution < -0.4 is 0 Å². The topological polar surface area (TPSA) is 255 Å². The van der Waals surface area contributed by atoms with E-state index < -0.39 is 132 Å². The van der Waals surface area contributed by atoms with Gasteiger partial charge in [0.15, 0.2) is 30.5 Å². The van der Waals surface area contributed by atoms with Crippen molar-refractivity contribution in [3.8, 4) is 0 Å². The van der Waals surface area contributed by atoms with Crippen molar-refractivity contribution in [3.63, 3.8) is 0 Å². The van der Waals surface area contributed by atoms with Gasteiger partial charge in [-0.25, -0.2) is 0 Å². The van der Waals surface area contributed by atoms with Gasteiger partial charge in [-0.05, 0) is 0 Å². The van der Waals surface area contributed by atoms with Crippen molar-refractivity contribution < 1.29 is 107 Å². The fourth-order valence-corrected chi connectivity index (χ4v) is 5.23. The summed E-state index contributed by atoms with van der Waals surface area (Å²) in [6.45, 7) is 2.54. The molecule has 0 amide bonds. The Balaban J connectivity index is 2.89. The Hall–Kier alpha value is -4.13. The first kappa shape index (κ1) is 43.0. The van der Waals surface area contributed by atoms with Gasteiger partial charge in [-0.3, -0.25) is 37.7 Å². The van der Waals surface area contributed by atoms with Crippen LogP contribution in [0.2, 0.25) is 0 Å². The number of hydrogen-bond donors (Lipinski definition) is 0. The molecule has 2 rings (SSSR count). The van der Waals surface area contributed by atoms with Crippen LogP contribution in [0.5, 0.6) is 0 Å². The average Bonchev–Trinajstić information content (AvgIpc) is 3.22. The van der Waals surface area contributed by atoms with E-state index in [0.29, 0.717) is 0 Å². The second-order valence-corrected chi connectivity index (χ2v) is 12.3. The van der Waals surface area contributed by atoms with E-state index in [-0.39, 0.29) is 0 Å². The van der Waals surface area contributed by atoms with Crippen LogP contribution in [0.3, 0.4) is 0 Å². The quantitative estimate of drug-likeness (QED) is 0.0932. The minimum absolute atomic E-state index is 0.774. The highest BCUT2D eigenvalue weighted by atomic mass is 32.2. The molecule has 0 spiro atoms. The van der Waals surface area contributed by atoms with E-state index in [1.165, 1.54) is 0 Å². The summed E-state index contributed by atoms with van der Waals surface area (Å²) in [5.74, 6) is -10.7. The molecule has 20 nitrogen and oxygen atoms in total. The smallest absolute Gasteiger partial charge is 0.463 e. The summed E-state index contributed by atoms with van der Waals surface area (Å²) in [5.41, 5.74) is -6.05. The van der Waals surface area contributed by atoms with Crippen LogP contribution in [-0.4, -0.2) is 130 Å². The minimum atomic E-state index is -6.51. The van der Waals surface area contributed by atoms with Crippen LogP contribution in [0.15, 0.2) is 0 Å². The second kappa shape index (κ2) is 17.4. The first-order valence-electron chi connectivity index (χ1n) is 14.5. The molecule has 0 saturated carbocycles. The van der Waals surface area contributed by atoms with E-state index in [1.807, 2.05) is 0 Å². The Morgan fingerprint density at radius 1 is 0.608 bits per heavy atom. The number of carbonyl (C=O) groups excluding carboxylic acids is 7. The zero-order valence-electron chi connectivity index (χ0n) is 27.9. The third kappa shape index (κ3) is 12.0. The predicted octanol–water partition coefficient (Wildman–Crippen LogP) is -0.526. The zero-order chi connectivity index (χ0) is 39.1. The number of esters is 7. The molecule has 0 aliphatic carbocycles. The van der Waals surface area contributed by atoms with Gasteiger partial charge in [-0.1, -0.05) is 0 Å². The molecule has 2 fully saturated rings. The van der Waals surface area contributed by atoms with Gasteiger partial charge < -0.3 is 47.4 Å². The number of alkyl halides is 3. The van der Waals surface area contributed by atoms with E-state index in [9.17, 15) is 55.2 Å². The van der Waals surface area contributed by atoms with Gasteiger partial charge in [0.25, 0.3) is 0 Å². The normalized spacial score (nSPS) is 29.2. The molecule has 2 aliphatic rings. The molecule has 9 atom stereocenters. The van der Waals surface area contributed by atoms with E-state index in [4.69, 9.17) is 47.4 Å². The summed E-state index contributed by atoms with van der Waals surface area (Å²) in [5, 5.41) is 0. The van der Waals surface area contributed by atoms with Crippen molar-refractivity contribution in [2.75, 3.05) is 19.8 Å². The van der Waals surface area contributed by atoms with Gasteiger partial charge in [-0.15, -0.1) is 0 Å². The predicted molar refractivity (Wildman–Crippen MR) is 149 cm³/mol. The lowest BCUT2D eigenvalue weighted by molar-refractivity contribution is -0.382. The van der Waals surface area contributed by atoms with E-state index in [0.717, 1.165) is 48.5 Å². The lowest BCUT2D eigenvalue weighted by Crippen LogP contribution is -2.65. The van der Waals surface area contributed by atoms with Gasteiger partial charge in [0.05, 0.1) is 0 Å². The van der Waals surface area contributed by atoms with Crippen LogP contribution >= 0.6 is 0 Å². The Morgan fingerprint density at radius 3 is 1.49 bits per heavy atom. The first-order valence-corrected chi connectivity index (χ1v) is 15.9. The molecule has 0 bridgehead atoms. The van der Waals surface area contributed by atoms with Crippen LogP contribution in [-0.2, 0) is 95.2 Å². The fraction of sp³-hybridized carbons (Fsp3) is 0.741. The SMILES string of the molecule is CC(=O)OC[C@H]1O[C@@](COS(=O)(=O)C(F)(F)F)(O[C@H]2O[C@H](COC(C)=O)[C@@H](OC(C)=O)[C@H](OC(C)=O)[C@H]2OC(C)=O)[C@@H](OC(C)=O)[C@@H]1OC(C)=O. The summed E-state index contributed by atoms with van der Waals surface area (Å²) in [6, 6.07) is 0. The second-order valence-electron chi connectivity index (χ2n) is 10.7. The lowest BCUT2D eigenvalue weighted by Gasteiger charge is -2.46. The third-order valence-electron chi connectivity index (χ3n) is 6.46. The molecule has 0 aromatic rings. The molecule has 0 N–H and O–H groups in total. The molecule has 290 valence electrons. The maximum Gasteiger partial charge on any atom is 0.523 e. The van der Waals surface area contributed by atoms with E-state index >= 15 is 0 Å². The van der Waals surface area contributed by atoms with Crippen molar-refractivity contribution in [1.29, 1.82) is 0 Å². The molecule has 2 aliphatic heterocycles. The first-order chi connectivity index (χ1) is 23.4. The van der Waals surface area contributed by atoms with E-state index in [2.05, 4.69) is 4.18 Å². The van der Waals surface area contributed by atoms with Crippen LogP contribution in [0.1, 0.15) is 48.5 Å². The molecule has 2 saturated heterocycles. The number of ether oxygens (including phenoxy) is 10. The van der Waals surface area contributed by atoms with Crippen molar-refractivity contribution in [1.82, 2.24) is 0 Å². The molecule has 24 heteroatoms. The summed E-state index contributed by atoms with van der Waals surface area (Å²) < 4.78 is 122. The molecular weight excluding hydrogens is 733 g/mol. The summed E-state index contributed by atoms with van der Waals surface area (Å²) in [7, 11) is -6.51. The van der Waals surface area contributed by atoms with Gasteiger partial charge in [0, 0.05) is 48.5 Å². The maximum absolute atomic E-state index is 13.4. The lowest BCUT2D eigenvalue weighted by atomic mass is 9.97. The van der Waals surface area contributed by atoms with Crippen molar-refractivity contribution >= 4 is 51.9 Å². The Kier molecular flexibility index (Phi) is 14.7. The van der Waals surface area contributed by atoms with Crippen molar-refractivity contribution in [2.24, 2.45) is 0 Å². The molecular formula is C27H35F3O20S. The standard InChI is InChI=1S/C27H35F3O20S/c1-11(31)40-8-18-20(43-13(3)33)22(45-15(5)35)23(46-16(6)36)25(48-18)50-26(10-42-51(38,39)27(28,29)30)24(47-17(7)37)21(44-14(4)34)19(49-26)9-41-12(2)32/h18-25H,8-10H2,1-7H3/t18-,19-,20-,21-,22+,23-,24+,25-,26+/m1/s1. The molecule has 2 heterocycles. The minimum Gasteiger partial charge on any atom is -0.463 e. The fourth-order valence-electron chi connectivity index (χ4n) is 4.78. The summed E-state index contributed by atoms with van der Waals surface area (Å²) in [6.07, 6.45) is -15.9. The Bertz CT molecular complexity index is 1450. The third-order valence-corrected chi connectivity index (χ3v) is 7.45. The van der Waals surface area contributed by atoms with Gasteiger partial charge in [0.2, 0.25) is 12.1 Å². The average molecular weight is 769 g/mol. The van der Waals surface area contributed by atoms with Gasteiger partial charge in [-0.2, -0.15) is 21.6 Å². The highest BCUT2D eigenvalue weighted by molar-refractivity contribution is 7.87. The summed E-state index contributed by atoms with van der Waals surface area (Å²) in [4.78, 5) is 84.4. The largest absolute Gasteiger partial charge is 0.523 e. The zero-order valence-corrected chi connectivity index (χ0v) is 28.8. The summed E-state index contributed by atoms with van der Waals surface area (Å²) >= 11 is 0. The molecule has 51 heavy (non-hydrogen) atoms. The van der Waals surface area contributed by atoms with Crippen LogP contribution in [0.4, 0.5) is 13.2 Å². The molecule has 0 unspecified atom stereocenters. The molecule has 0 aromatic carbocycles. The van der Waals surface area contributed by atoms with Crippen molar-refractivity contribution in [3.05, 3.63) is 0 Å². The van der Waals surface area contributed by atoms with Crippen LogP contribution in [0, 0.1) is 0 Å². The van der Waals surface area contributed by atoms with Crippen LogP contribution in [0.25, 0.3) is 0 Å². The maximum atomic E-state index is 13.4. The number of hydrogen-bond acceptors (Lipinski definition) is 20. The Morgan fingerprint density at radius 2 is 1.04 bits per heavy atom.